The van der Waals surface area contributed by atoms with Gasteiger partial charge in [0.1, 0.15) is 5.82 Å². The molecule has 2 atom stereocenters. The zero-order valence-electron chi connectivity index (χ0n) is 15.7. The lowest BCUT2D eigenvalue weighted by molar-refractivity contribution is 0.678. The van der Waals surface area contributed by atoms with Gasteiger partial charge in [-0.25, -0.2) is 4.98 Å². The largest absolute Gasteiger partial charge is 0.351 e. The molecule has 0 saturated carbocycles. The second-order valence-electron chi connectivity index (χ2n) is 7.01. The van der Waals surface area contributed by atoms with Crippen LogP contribution in [0.1, 0.15) is 32.3 Å². The van der Waals surface area contributed by atoms with Gasteiger partial charge in [-0.3, -0.25) is 0 Å². The van der Waals surface area contributed by atoms with Crippen molar-refractivity contribution in [3.05, 3.63) is 52.1 Å². The Bertz CT molecular complexity index is 964. The molecule has 0 spiro atoms. The lowest BCUT2D eigenvalue weighted by Crippen LogP contribution is -2.34. The number of nitrogens with one attached hydrogen (secondary N) is 1. The summed E-state index contributed by atoms with van der Waals surface area (Å²) >= 11 is 12.5. The van der Waals surface area contributed by atoms with Crippen LogP contribution in [0.4, 0.5) is 11.8 Å². The lowest BCUT2D eigenvalue weighted by atomic mass is 10.2. The second-order valence-corrected chi connectivity index (χ2v) is 7.79. The summed E-state index contributed by atoms with van der Waals surface area (Å²) in [6.45, 7) is 5.03. The molecule has 3 aromatic rings. The highest BCUT2D eigenvalue weighted by Crippen LogP contribution is 2.32. The molecule has 0 bridgehead atoms. The predicted octanol–water partition coefficient (Wildman–Crippen LogP) is 4.35. The minimum atomic E-state index is 0.404. The molecule has 0 radical (unpaired) electrons. The van der Waals surface area contributed by atoms with Gasteiger partial charge in [-0.05, 0) is 55.3 Å². The zero-order valence-corrected chi connectivity index (χ0v) is 17.2. The van der Waals surface area contributed by atoms with Gasteiger partial charge in [0.25, 0.3) is 0 Å². The lowest BCUT2D eigenvalue weighted by Gasteiger charge is -2.29. The van der Waals surface area contributed by atoms with E-state index in [1.807, 2.05) is 24.4 Å². The van der Waals surface area contributed by atoms with Crippen LogP contribution in [0.25, 0.3) is 5.69 Å². The highest BCUT2D eigenvalue weighted by molar-refractivity contribution is 6.43. The summed E-state index contributed by atoms with van der Waals surface area (Å²) in [4.78, 5) is 7.05. The van der Waals surface area contributed by atoms with Gasteiger partial charge >= 0.3 is 0 Å². The third-order valence-electron chi connectivity index (χ3n) is 5.13. The van der Waals surface area contributed by atoms with Crippen molar-refractivity contribution in [1.82, 2.24) is 25.2 Å². The van der Waals surface area contributed by atoms with E-state index in [9.17, 15) is 0 Å². The standard InChI is InChI=1S/C19H21Cl2N7/c1-12-8-9-13(2)27(12)18-14(5-4-10-22-18)11-23-19-24-25-26-28(19)16-7-3-6-15(20)17(16)21/h3-7,10,12-13H,8-9,11H2,1-2H3,(H,23,24,26). The van der Waals surface area contributed by atoms with Crippen molar-refractivity contribution in [3.63, 3.8) is 0 Å². The first-order valence-corrected chi connectivity index (χ1v) is 10.0. The van der Waals surface area contributed by atoms with Crippen molar-refractivity contribution in [2.24, 2.45) is 0 Å². The Labute approximate surface area is 173 Å². The average Bonchev–Trinajstić information content (AvgIpc) is 3.29. The third-order valence-corrected chi connectivity index (χ3v) is 5.94. The summed E-state index contributed by atoms with van der Waals surface area (Å²) in [6, 6.07) is 10.3. The van der Waals surface area contributed by atoms with Gasteiger partial charge in [0.05, 0.1) is 15.7 Å². The van der Waals surface area contributed by atoms with Crippen LogP contribution >= 0.6 is 23.2 Å². The molecule has 28 heavy (non-hydrogen) atoms. The Morgan fingerprint density at radius 2 is 1.89 bits per heavy atom. The monoisotopic (exact) mass is 417 g/mol. The molecular weight excluding hydrogens is 397 g/mol. The fourth-order valence-electron chi connectivity index (χ4n) is 3.70. The molecule has 0 amide bonds. The van der Waals surface area contributed by atoms with E-state index in [2.05, 4.69) is 50.6 Å². The molecule has 0 aliphatic carbocycles. The summed E-state index contributed by atoms with van der Waals surface area (Å²) < 4.78 is 1.55. The van der Waals surface area contributed by atoms with E-state index >= 15 is 0 Å². The van der Waals surface area contributed by atoms with E-state index in [0.717, 1.165) is 11.4 Å². The minimum Gasteiger partial charge on any atom is -0.351 e. The molecule has 1 fully saturated rings. The van der Waals surface area contributed by atoms with Gasteiger partial charge in [0.2, 0.25) is 5.95 Å². The van der Waals surface area contributed by atoms with Crippen LogP contribution in [-0.2, 0) is 6.54 Å². The smallest absolute Gasteiger partial charge is 0.248 e. The number of tetrazole rings is 1. The van der Waals surface area contributed by atoms with Crippen LogP contribution in [0.5, 0.6) is 0 Å². The average molecular weight is 418 g/mol. The van der Waals surface area contributed by atoms with Crippen molar-refractivity contribution in [1.29, 1.82) is 0 Å². The highest BCUT2D eigenvalue weighted by Gasteiger charge is 2.29. The Balaban J connectivity index is 1.59. The van der Waals surface area contributed by atoms with Crippen LogP contribution in [0.15, 0.2) is 36.5 Å². The number of pyridine rings is 1. The fourth-order valence-corrected chi connectivity index (χ4v) is 4.08. The molecule has 1 aliphatic heterocycles. The van der Waals surface area contributed by atoms with Gasteiger partial charge in [0.15, 0.2) is 0 Å². The van der Waals surface area contributed by atoms with Crippen LogP contribution in [-0.4, -0.2) is 37.3 Å². The van der Waals surface area contributed by atoms with Crippen molar-refractivity contribution in [2.45, 2.75) is 45.3 Å². The minimum absolute atomic E-state index is 0.404. The summed E-state index contributed by atoms with van der Waals surface area (Å²) in [5.41, 5.74) is 1.71. The normalized spacial score (nSPS) is 19.2. The Morgan fingerprint density at radius 1 is 1.11 bits per heavy atom. The molecule has 7 nitrogen and oxygen atoms in total. The van der Waals surface area contributed by atoms with Crippen LogP contribution in [0.3, 0.4) is 0 Å². The summed E-state index contributed by atoms with van der Waals surface area (Å²) in [6.07, 6.45) is 4.19. The van der Waals surface area contributed by atoms with Gasteiger partial charge < -0.3 is 10.2 Å². The van der Waals surface area contributed by atoms with E-state index < -0.39 is 0 Å². The quantitative estimate of drug-likeness (QED) is 0.664. The topological polar surface area (TPSA) is 71.8 Å². The van der Waals surface area contributed by atoms with Crippen molar-refractivity contribution >= 4 is 35.0 Å². The Hall–Kier alpha value is -2.38. The summed E-state index contributed by atoms with van der Waals surface area (Å²) in [5.74, 6) is 1.49. The molecule has 2 unspecified atom stereocenters. The number of benzene rings is 1. The molecule has 1 saturated heterocycles. The number of hydrogen-bond donors (Lipinski definition) is 1. The molecule has 1 aliphatic rings. The van der Waals surface area contributed by atoms with Crippen molar-refractivity contribution < 1.29 is 0 Å². The van der Waals surface area contributed by atoms with Gasteiger partial charge in [-0.1, -0.05) is 40.4 Å². The number of anilines is 2. The van der Waals surface area contributed by atoms with E-state index in [-0.39, 0.29) is 0 Å². The molecule has 1 N–H and O–H groups in total. The molecule has 4 rings (SSSR count). The molecule has 146 valence electrons. The molecular formula is C19H21Cl2N7. The predicted molar refractivity (Wildman–Crippen MR) is 111 cm³/mol. The number of rotatable bonds is 5. The van der Waals surface area contributed by atoms with Crippen molar-refractivity contribution in [3.8, 4) is 5.69 Å². The number of aromatic nitrogens is 5. The molecule has 2 aromatic heterocycles. The van der Waals surface area contributed by atoms with Gasteiger partial charge in [-0.15, -0.1) is 0 Å². The molecule has 3 heterocycles. The second kappa shape index (κ2) is 7.93. The highest BCUT2D eigenvalue weighted by atomic mass is 35.5. The number of nitrogens with zero attached hydrogens (tertiary/aromatic N) is 6. The number of hydrogen-bond acceptors (Lipinski definition) is 6. The van der Waals surface area contributed by atoms with Gasteiger partial charge in [-0.2, -0.15) is 4.68 Å². The van der Waals surface area contributed by atoms with Crippen LogP contribution in [0.2, 0.25) is 10.0 Å². The first-order valence-electron chi connectivity index (χ1n) is 9.25. The van der Waals surface area contributed by atoms with E-state index in [0.29, 0.717) is 40.3 Å². The maximum atomic E-state index is 6.32. The zero-order chi connectivity index (χ0) is 19.7. The van der Waals surface area contributed by atoms with Crippen LogP contribution < -0.4 is 10.2 Å². The first kappa shape index (κ1) is 19.0. The van der Waals surface area contributed by atoms with E-state index in [4.69, 9.17) is 23.2 Å². The maximum absolute atomic E-state index is 6.32. The van der Waals surface area contributed by atoms with E-state index in [1.54, 1.807) is 10.7 Å². The first-order chi connectivity index (χ1) is 13.6. The van der Waals surface area contributed by atoms with Gasteiger partial charge in [0, 0.05) is 30.4 Å². The summed E-state index contributed by atoms with van der Waals surface area (Å²) in [5, 5.41) is 16.1. The third kappa shape index (κ3) is 3.52. The fraction of sp³-hybridized carbons (Fsp3) is 0.368. The number of halogens is 2. The van der Waals surface area contributed by atoms with Crippen LogP contribution in [0, 0.1) is 0 Å². The Kier molecular flexibility index (Phi) is 5.37. The molecule has 9 heteroatoms. The van der Waals surface area contributed by atoms with E-state index in [1.165, 1.54) is 12.8 Å². The van der Waals surface area contributed by atoms with Crippen molar-refractivity contribution in [2.75, 3.05) is 10.2 Å². The molecule has 1 aromatic carbocycles. The Morgan fingerprint density at radius 3 is 2.68 bits per heavy atom. The maximum Gasteiger partial charge on any atom is 0.248 e. The SMILES string of the molecule is CC1CCC(C)N1c1ncccc1CNc1nnnn1-c1cccc(Cl)c1Cl. The summed E-state index contributed by atoms with van der Waals surface area (Å²) in [7, 11) is 0.